The average Bonchev–Trinajstić information content (AvgIpc) is 2.89. The molecular formula is C28H32BrN3O4S. The zero-order valence-electron chi connectivity index (χ0n) is 21.2. The van der Waals surface area contributed by atoms with E-state index in [-0.39, 0.29) is 17.3 Å². The Bertz CT molecular complexity index is 1310. The number of rotatable bonds is 11. The van der Waals surface area contributed by atoms with Crippen LogP contribution in [0.15, 0.2) is 88.2 Å². The number of aryl methyl sites for hydroxylation is 1. The summed E-state index contributed by atoms with van der Waals surface area (Å²) >= 11 is 3.41. The second-order valence-corrected chi connectivity index (χ2v) is 11.6. The molecule has 0 bridgehead atoms. The van der Waals surface area contributed by atoms with Gasteiger partial charge in [0.05, 0.1) is 10.6 Å². The van der Waals surface area contributed by atoms with Crippen LogP contribution in [0.4, 0.5) is 5.69 Å². The van der Waals surface area contributed by atoms with Crippen LogP contribution in [0.25, 0.3) is 0 Å². The Kier molecular flexibility index (Phi) is 9.88. The van der Waals surface area contributed by atoms with Crippen LogP contribution < -0.4 is 9.62 Å². The summed E-state index contributed by atoms with van der Waals surface area (Å²) in [5, 5.41) is 2.84. The Balaban J connectivity index is 2.00. The van der Waals surface area contributed by atoms with Gasteiger partial charge in [-0.25, -0.2) is 8.42 Å². The van der Waals surface area contributed by atoms with Gasteiger partial charge in [-0.1, -0.05) is 65.3 Å². The zero-order chi connectivity index (χ0) is 27.0. The van der Waals surface area contributed by atoms with Gasteiger partial charge >= 0.3 is 0 Å². The Labute approximate surface area is 227 Å². The van der Waals surface area contributed by atoms with Gasteiger partial charge in [0.2, 0.25) is 11.8 Å². The molecule has 196 valence electrons. The van der Waals surface area contributed by atoms with E-state index in [1.165, 1.54) is 17.0 Å². The topological polar surface area (TPSA) is 86.8 Å². The number of anilines is 1. The van der Waals surface area contributed by atoms with E-state index < -0.39 is 28.5 Å². The summed E-state index contributed by atoms with van der Waals surface area (Å²) < 4.78 is 29.4. The SMILES string of the molecule is CCCNC(=O)[C@H](C)N(Cc1ccc(Br)cc1)C(=O)CN(c1cccc(C)c1)S(=O)(=O)c1ccccc1. The van der Waals surface area contributed by atoms with E-state index in [0.29, 0.717) is 12.2 Å². The summed E-state index contributed by atoms with van der Waals surface area (Å²) in [6, 6.07) is 21.7. The zero-order valence-corrected chi connectivity index (χ0v) is 23.6. The molecule has 0 saturated carbocycles. The molecule has 0 radical (unpaired) electrons. The van der Waals surface area contributed by atoms with Gasteiger partial charge in [0.25, 0.3) is 10.0 Å². The molecule has 3 rings (SSSR count). The molecule has 3 aromatic rings. The van der Waals surface area contributed by atoms with E-state index in [1.807, 2.05) is 44.2 Å². The van der Waals surface area contributed by atoms with Gasteiger partial charge in [0.1, 0.15) is 12.6 Å². The van der Waals surface area contributed by atoms with E-state index in [0.717, 1.165) is 26.3 Å². The summed E-state index contributed by atoms with van der Waals surface area (Å²) in [6.07, 6.45) is 0.759. The third kappa shape index (κ3) is 7.42. The summed E-state index contributed by atoms with van der Waals surface area (Å²) in [7, 11) is -4.06. The first kappa shape index (κ1) is 28.4. The van der Waals surface area contributed by atoms with Crippen molar-refractivity contribution in [3.8, 4) is 0 Å². The van der Waals surface area contributed by atoms with E-state index >= 15 is 0 Å². The highest BCUT2D eigenvalue weighted by molar-refractivity contribution is 9.10. The van der Waals surface area contributed by atoms with E-state index in [1.54, 1.807) is 43.3 Å². The molecule has 7 nitrogen and oxygen atoms in total. The molecule has 2 amide bonds. The average molecular weight is 587 g/mol. The van der Waals surface area contributed by atoms with Crippen LogP contribution in [0, 0.1) is 6.92 Å². The minimum atomic E-state index is -4.06. The fourth-order valence-corrected chi connectivity index (χ4v) is 5.49. The Hall–Kier alpha value is -3.17. The Morgan fingerprint density at radius 3 is 2.27 bits per heavy atom. The van der Waals surface area contributed by atoms with Crippen LogP contribution in [-0.2, 0) is 26.2 Å². The largest absolute Gasteiger partial charge is 0.354 e. The first-order valence-electron chi connectivity index (χ1n) is 12.1. The molecule has 0 aromatic heterocycles. The molecule has 3 aromatic carbocycles. The minimum Gasteiger partial charge on any atom is -0.354 e. The van der Waals surface area contributed by atoms with Gasteiger partial charge in [0, 0.05) is 17.6 Å². The van der Waals surface area contributed by atoms with Crippen molar-refractivity contribution in [2.45, 2.75) is 44.7 Å². The number of sulfonamides is 1. The summed E-state index contributed by atoms with van der Waals surface area (Å²) in [6.45, 7) is 5.65. The lowest BCUT2D eigenvalue weighted by Crippen LogP contribution is -2.51. The van der Waals surface area contributed by atoms with Crippen molar-refractivity contribution in [3.05, 3.63) is 94.5 Å². The molecule has 1 N–H and O–H groups in total. The number of benzene rings is 3. The van der Waals surface area contributed by atoms with E-state index in [2.05, 4.69) is 21.2 Å². The monoisotopic (exact) mass is 585 g/mol. The molecular weight excluding hydrogens is 554 g/mol. The van der Waals surface area contributed by atoms with Gasteiger partial charge in [-0.2, -0.15) is 0 Å². The van der Waals surface area contributed by atoms with Gasteiger partial charge < -0.3 is 10.2 Å². The van der Waals surface area contributed by atoms with Gasteiger partial charge in [-0.15, -0.1) is 0 Å². The van der Waals surface area contributed by atoms with Crippen LogP contribution in [-0.4, -0.2) is 44.3 Å². The molecule has 9 heteroatoms. The van der Waals surface area contributed by atoms with Crippen molar-refractivity contribution in [2.75, 3.05) is 17.4 Å². The number of amides is 2. The maximum absolute atomic E-state index is 13.8. The van der Waals surface area contributed by atoms with Crippen molar-refractivity contribution < 1.29 is 18.0 Å². The number of halogens is 1. The highest BCUT2D eigenvalue weighted by atomic mass is 79.9. The lowest BCUT2D eigenvalue weighted by Gasteiger charge is -2.32. The molecule has 0 aliphatic heterocycles. The predicted molar refractivity (Wildman–Crippen MR) is 150 cm³/mol. The van der Waals surface area contributed by atoms with E-state index in [4.69, 9.17) is 0 Å². The maximum atomic E-state index is 13.8. The minimum absolute atomic E-state index is 0.0810. The molecule has 0 saturated heterocycles. The van der Waals surface area contributed by atoms with Crippen LogP contribution >= 0.6 is 15.9 Å². The second-order valence-electron chi connectivity index (χ2n) is 8.78. The van der Waals surface area contributed by atoms with Gasteiger partial charge in [-0.05, 0) is 67.8 Å². The number of carbonyl (C=O) groups is 2. The first-order chi connectivity index (χ1) is 17.6. The third-order valence-corrected chi connectivity index (χ3v) is 8.20. The number of nitrogens with one attached hydrogen (secondary N) is 1. The van der Waals surface area contributed by atoms with Crippen molar-refractivity contribution >= 4 is 43.5 Å². The normalized spacial score (nSPS) is 12.0. The van der Waals surface area contributed by atoms with Crippen molar-refractivity contribution in [2.24, 2.45) is 0 Å². The molecule has 0 aliphatic rings. The molecule has 0 fully saturated rings. The molecule has 0 unspecified atom stereocenters. The van der Waals surface area contributed by atoms with Crippen molar-refractivity contribution in [1.82, 2.24) is 10.2 Å². The van der Waals surface area contributed by atoms with Crippen LogP contribution in [0.1, 0.15) is 31.4 Å². The Morgan fingerprint density at radius 2 is 1.65 bits per heavy atom. The molecule has 37 heavy (non-hydrogen) atoms. The lowest BCUT2D eigenvalue weighted by atomic mass is 10.1. The summed E-state index contributed by atoms with van der Waals surface area (Å²) in [4.78, 5) is 28.2. The smallest absolute Gasteiger partial charge is 0.264 e. The highest BCUT2D eigenvalue weighted by Gasteiger charge is 2.32. The number of nitrogens with zero attached hydrogens (tertiary/aromatic N) is 2. The summed E-state index contributed by atoms with van der Waals surface area (Å²) in [5.41, 5.74) is 2.06. The fourth-order valence-electron chi connectivity index (χ4n) is 3.80. The maximum Gasteiger partial charge on any atom is 0.264 e. The van der Waals surface area contributed by atoms with Gasteiger partial charge in [0.15, 0.2) is 0 Å². The lowest BCUT2D eigenvalue weighted by molar-refractivity contribution is -0.139. The van der Waals surface area contributed by atoms with Gasteiger partial charge in [-0.3, -0.25) is 13.9 Å². The number of hydrogen-bond acceptors (Lipinski definition) is 4. The highest BCUT2D eigenvalue weighted by Crippen LogP contribution is 2.25. The van der Waals surface area contributed by atoms with E-state index in [9.17, 15) is 18.0 Å². The third-order valence-electron chi connectivity index (χ3n) is 5.88. The predicted octanol–water partition coefficient (Wildman–Crippen LogP) is 4.90. The van der Waals surface area contributed by atoms with Crippen LogP contribution in [0.5, 0.6) is 0 Å². The van der Waals surface area contributed by atoms with Crippen molar-refractivity contribution in [1.29, 1.82) is 0 Å². The molecule has 0 spiro atoms. The first-order valence-corrected chi connectivity index (χ1v) is 14.3. The molecule has 0 aliphatic carbocycles. The summed E-state index contributed by atoms with van der Waals surface area (Å²) in [5.74, 6) is -0.775. The molecule has 0 heterocycles. The number of hydrogen-bond donors (Lipinski definition) is 1. The quantitative estimate of drug-likeness (QED) is 0.347. The van der Waals surface area contributed by atoms with Crippen LogP contribution in [0.2, 0.25) is 0 Å². The standard InChI is InChI=1S/C28H32BrN3O4S/c1-4-17-30-28(34)22(3)31(19-23-13-15-24(29)16-14-23)27(33)20-32(25-10-8-9-21(2)18-25)37(35,36)26-11-6-5-7-12-26/h5-16,18,22H,4,17,19-20H2,1-3H3,(H,30,34)/t22-/m0/s1. The van der Waals surface area contributed by atoms with Crippen LogP contribution in [0.3, 0.4) is 0 Å². The number of carbonyl (C=O) groups excluding carboxylic acids is 2. The Morgan fingerprint density at radius 1 is 0.973 bits per heavy atom. The molecule has 1 atom stereocenters. The second kappa shape index (κ2) is 12.9. The fraction of sp³-hybridized carbons (Fsp3) is 0.286. The van der Waals surface area contributed by atoms with Crippen molar-refractivity contribution in [3.63, 3.8) is 0 Å².